The third kappa shape index (κ3) is 3.57. The standard InChI is InChI=1S/C23H20O3/c24-21-13-20(25-15-18-9-5-2-6-10-18)14-22-23(21)19(16-26-22)12-11-17-7-3-1-4-8-17/h1-10,13-14,16,24H,11-12,15H2. The summed E-state index contributed by atoms with van der Waals surface area (Å²) in [5, 5.41) is 11.2. The summed E-state index contributed by atoms with van der Waals surface area (Å²) in [5.41, 5.74) is 4.01. The number of fused-ring (bicyclic) bond motifs is 1. The largest absolute Gasteiger partial charge is 0.507 e. The van der Waals surface area contributed by atoms with Crippen molar-refractivity contribution in [1.82, 2.24) is 0 Å². The summed E-state index contributed by atoms with van der Waals surface area (Å²) in [6.07, 6.45) is 3.45. The Morgan fingerprint density at radius 1 is 0.808 bits per heavy atom. The van der Waals surface area contributed by atoms with Crippen molar-refractivity contribution in [1.29, 1.82) is 0 Å². The average molecular weight is 344 g/mol. The van der Waals surface area contributed by atoms with Crippen LogP contribution in [0.5, 0.6) is 11.5 Å². The average Bonchev–Trinajstić information content (AvgIpc) is 3.10. The minimum Gasteiger partial charge on any atom is -0.507 e. The van der Waals surface area contributed by atoms with Gasteiger partial charge in [0.2, 0.25) is 0 Å². The zero-order valence-electron chi connectivity index (χ0n) is 14.4. The first kappa shape index (κ1) is 16.3. The van der Waals surface area contributed by atoms with Crippen LogP contribution in [0, 0.1) is 0 Å². The van der Waals surface area contributed by atoms with Crippen LogP contribution in [0.2, 0.25) is 0 Å². The fourth-order valence-corrected chi connectivity index (χ4v) is 3.12. The van der Waals surface area contributed by atoms with Crippen molar-refractivity contribution in [2.75, 3.05) is 0 Å². The van der Waals surface area contributed by atoms with Crippen molar-refractivity contribution in [2.24, 2.45) is 0 Å². The Labute approximate surface area is 152 Å². The molecule has 3 heteroatoms. The van der Waals surface area contributed by atoms with E-state index in [2.05, 4.69) is 12.1 Å². The van der Waals surface area contributed by atoms with E-state index in [9.17, 15) is 5.11 Å². The number of ether oxygens (including phenoxy) is 1. The Morgan fingerprint density at radius 3 is 2.23 bits per heavy atom. The van der Waals surface area contributed by atoms with Crippen molar-refractivity contribution < 1.29 is 14.3 Å². The van der Waals surface area contributed by atoms with E-state index in [-0.39, 0.29) is 5.75 Å². The molecule has 1 aromatic heterocycles. The second kappa shape index (κ2) is 7.36. The smallest absolute Gasteiger partial charge is 0.141 e. The van der Waals surface area contributed by atoms with Gasteiger partial charge < -0.3 is 14.3 Å². The number of benzene rings is 3. The summed E-state index contributed by atoms with van der Waals surface area (Å²) >= 11 is 0. The Balaban J connectivity index is 1.51. The van der Waals surface area contributed by atoms with Gasteiger partial charge in [-0.25, -0.2) is 0 Å². The highest BCUT2D eigenvalue weighted by Crippen LogP contribution is 2.35. The Bertz CT molecular complexity index is 988. The molecule has 0 atom stereocenters. The fourth-order valence-electron chi connectivity index (χ4n) is 3.12. The fraction of sp³-hybridized carbons (Fsp3) is 0.130. The number of aryl methyl sites for hydroxylation is 2. The van der Waals surface area contributed by atoms with Gasteiger partial charge in [0.25, 0.3) is 0 Å². The van der Waals surface area contributed by atoms with Crippen LogP contribution in [0.3, 0.4) is 0 Å². The van der Waals surface area contributed by atoms with E-state index in [0.29, 0.717) is 17.9 Å². The molecule has 3 aromatic carbocycles. The summed E-state index contributed by atoms with van der Waals surface area (Å²) in [6, 6.07) is 23.7. The quantitative estimate of drug-likeness (QED) is 0.502. The topological polar surface area (TPSA) is 42.6 Å². The van der Waals surface area contributed by atoms with Crippen LogP contribution in [0.1, 0.15) is 16.7 Å². The molecule has 0 radical (unpaired) electrons. The van der Waals surface area contributed by atoms with Crippen LogP contribution in [0.15, 0.2) is 83.5 Å². The van der Waals surface area contributed by atoms with Crippen molar-refractivity contribution in [3.8, 4) is 11.5 Å². The maximum absolute atomic E-state index is 10.5. The number of phenolic OH excluding ortho intramolecular Hbond substituents is 1. The Hall–Kier alpha value is -3.20. The van der Waals surface area contributed by atoms with Gasteiger partial charge in [-0.05, 0) is 24.0 Å². The molecule has 0 fully saturated rings. The Morgan fingerprint density at radius 2 is 1.50 bits per heavy atom. The van der Waals surface area contributed by atoms with E-state index < -0.39 is 0 Å². The van der Waals surface area contributed by atoms with Gasteiger partial charge in [-0.1, -0.05) is 60.7 Å². The van der Waals surface area contributed by atoms with E-state index in [1.807, 2.05) is 54.6 Å². The maximum atomic E-state index is 10.5. The van der Waals surface area contributed by atoms with Crippen molar-refractivity contribution in [3.05, 3.63) is 95.7 Å². The molecule has 0 aliphatic carbocycles. The molecule has 3 nitrogen and oxygen atoms in total. The summed E-state index contributed by atoms with van der Waals surface area (Å²) in [4.78, 5) is 0. The van der Waals surface area contributed by atoms with E-state index in [4.69, 9.17) is 9.15 Å². The minimum absolute atomic E-state index is 0.197. The van der Waals surface area contributed by atoms with Gasteiger partial charge in [-0.3, -0.25) is 0 Å². The van der Waals surface area contributed by atoms with E-state index in [1.165, 1.54) is 5.56 Å². The van der Waals surface area contributed by atoms with Crippen LogP contribution in [-0.2, 0) is 19.4 Å². The van der Waals surface area contributed by atoms with Gasteiger partial charge in [0, 0.05) is 17.7 Å². The van der Waals surface area contributed by atoms with Crippen molar-refractivity contribution in [3.63, 3.8) is 0 Å². The number of hydrogen-bond acceptors (Lipinski definition) is 3. The molecule has 0 bridgehead atoms. The summed E-state index contributed by atoms with van der Waals surface area (Å²) in [7, 11) is 0. The third-order valence-corrected chi connectivity index (χ3v) is 4.48. The summed E-state index contributed by atoms with van der Waals surface area (Å²) in [6.45, 7) is 0.452. The number of phenols is 1. The molecule has 1 heterocycles. The van der Waals surface area contributed by atoms with E-state index in [1.54, 1.807) is 12.3 Å². The molecule has 26 heavy (non-hydrogen) atoms. The zero-order chi connectivity index (χ0) is 17.8. The molecule has 0 unspecified atom stereocenters. The van der Waals surface area contributed by atoms with Crippen molar-refractivity contribution >= 4 is 11.0 Å². The predicted molar refractivity (Wildman–Crippen MR) is 103 cm³/mol. The van der Waals surface area contributed by atoms with Gasteiger partial charge >= 0.3 is 0 Å². The van der Waals surface area contributed by atoms with E-state index >= 15 is 0 Å². The molecule has 0 aliphatic heterocycles. The normalized spacial score (nSPS) is 10.9. The highest BCUT2D eigenvalue weighted by molar-refractivity contribution is 5.88. The highest BCUT2D eigenvalue weighted by Gasteiger charge is 2.13. The van der Waals surface area contributed by atoms with Gasteiger partial charge in [-0.2, -0.15) is 0 Å². The summed E-state index contributed by atoms with van der Waals surface area (Å²) < 4.78 is 11.5. The lowest BCUT2D eigenvalue weighted by atomic mass is 10.0. The van der Waals surface area contributed by atoms with Crippen LogP contribution in [0.25, 0.3) is 11.0 Å². The minimum atomic E-state index is 0.197. The number of rotatable bonds is 6. The lowest BCUT2D eigenvalue weighted by Gasteiger charge is -2.08. The molecule has 130 valence electrons. The number of hydrogen-bond donors (Lipinski definition) is 1. The lowest BCUT2D eigenvalue weighted by Crippen LogP contribution is -1.95. The second-order valence-electron chi connectivity index (χ2n) is 6.34. The van der Waals surface area contributed by atoms with Crippen molar-refractivity contribution in [2.45, 2.75) is 19.4 Å². The van der Waals surface area contributed by atoms with Crippen LogP contribution in [0.4, 0.5) is 0 Å². The molecular weight excluding hydrogens is 324 g/mol. The highest BCUT2D eigenvalue weighted by atomic mass is 16.5. The van der Waals surface area contributed by atoms with E-state index in [0.717, 1.165) is 29.4 Å². The van der Waals surface area contributed by atoms with Gasteiger partial charge in [0.1, 0.15) is 23.7 Å². The van der Waals surface area contributed by atoms with Gasteiger partial charge in [0.15, 0.2) is 0 Å². The van der Waals surface area contributed by atoms with Gasteiger partial charge in [0.05, 0.1) is 11.6 Å². The molecule has 0 aliphatic rings. The number of furan rings is 1. The molecule has 4 aromatic rings. The SMILES string of the molecule is Oc1cc(OCc2ccccc2)cc2occ(CCc3ccccc3)c12. The first-order chi connectivity index (χ1) is 12.8. The molecule has 4 rings (SSSR count). The zero-order valence-corrected chi connectivity index (χ0v) is 14.4. The summed E-state index contributed by atoms with van der Waals surface area (Å²) in [5.74, 6) is 0.796. The van der Waals surface area contributed by atoms with Crippen LogP contribution in [-0.4, -0.2) is 5.11 Å². The molecule has 0 saturated carbocycles. The molecule has 0 saturated heterocycles. The molecule has 0 spiro atoms. The number of aromatic hydroxyl groups is 1. The van der Waals surface area contributed by atoms with Crippen LogP contribution >= 0.6 is 0 Å². The van der Waals surface area contributed by atoms with Crippen LogP contribution < -0.4 is 4.74 Å². The molecule has 1 N–H and O–H groups in total. The monoisotopic (exact) mass is 344 g/mol. The lowest BCUT2D eigenvalue weighted by molar-refractivity contribution is 0.304. The molecule has 0 amide bonds. The molecular formula is C23H20O3. The second-order valence-corrected chi connectivity index (χ2v) is 6.34. The first-order valence-electron chi connectivity index (χ1n) is 8.73. The third-order valence-electron chi connectivity index (χ3n) is 4.48. The van der Waals surface area contributed by atoms with Gasteiger partial charge in [-0.15, -0.1) is 0 Å². The predicted octanol–water partition coefficient (Wildman–Crippen LogP) is 5.50. The first-order valence-corrected chi connectivity index (χ1v) is 8.73. The Kier molecular flexibility index (Phi) is 4.61. The maximum Gasteiger partial charge on any atom is 0.141 e.